The number of hydrogen-bond acceptors (Lipinski definition) is 5. The predicted octanol–water partition coefficient (Wildman–Crippen LogP) is 2.03. The summed E-state index contributed by atoms with van der Waals surface area (Å²) in [4.78, 5) is 13.4. The van der Waals surface area contributed by atoms with Gasteiger partial charge in [0.15, 0.2) is 5.75 Å². The Morgan fingerprint density at radius 3 is 2.81 bits per heavy atom. The lowest BCUT2D eigenvalue weighted by Gasteiger charge is -2.16. The van der Waals surface area contributed by atoms with Gasteiger partial charge in [0.05, 0.1) is 13.7 Å². The van der Waals surface area contributed by atoms with Crippen LogP contribution in [0.4, 0.5) is 0 Å². The summed E-state index contributed by atoms with van der Waals surface area (Å²) in [5, 5.41) is 9.15. The molecule has 0 fully saturated rings. The molecule has 2 rings (SSSR count). The smallest absolute Gasteiger partial charge is 0.226 e. The zero-order chi connectivity index (χ0) is 15.2. The first-order chi connectivity index (χ1) is 10.1. The van der Waals surface area contributed by atoms with Gasteiger partial charge >= 0.3 is 0 Å². The third-order valence-electron chi connectivity index (χ3n) is 3.25. The molecule has 112 valence electrons. The fraction of sp³-hybridized carbons (Fsp3) is 0.312. The average Bonchev–Trinajstić information content (AvgIpc) is 2.49. The Hall–Kier alpha value is -2.27. The first kappa shape index (κ1) is 15.1. The van der Waals surface area contributed by atoms with Gasteiger partial charge in [0.2, 0.25) is 5.43 Å². The number of hydrogen-bond donors (Lipinski definition) is 1. The van der Waals surface area contributed by atoms with Crippen LogP contribution in [0.15, 0.2) is 45.8 Å². The van der Waals surface area contributed by atoms with E-state index in [9.17, 15) is 4.79 Å². The molecule has 0 aliphatic carbocycles. The first-order valence-electron chi connectivity index (χ1n) is 6.71. The lowest BCUT2D eigenvalue weighted by atomic mass is 10.1. The maximum Gasteiger partial charge on any atom is 0.226 e. The highest BCUT2D eigenvalue weighted by atomic mass is 16.5. The van der Waals surface area contributed by atoms with Gasteiger partial charge in [-0.3, -0.25) is 9.69 Å². The van der Waals surface area contributed by atoms with Gasteiger partial charge < -0.3 is 14.3 Å². The van der Waals surface area contributed by atoms with Crippen molar-refractivity contribution < 1.29 is 14.3 Å². The molecular weight excluding hydrogens is 270 g/mol. The van der Waals surface area contributed by atoms with Gasteiger partial charge in [-0.2, -0.15) is 0 Å². The fourth-order valence-corrected chi connectivity index (χ4v) is 2.09. The van der Waals surface area contributed by atoms with E-state index in [0.29, 0.717) is 12.3 Å². The van der Waals surface area contributed by atoms with E-state index in [1.165, 1.54) is 6.07 Å². The van der Waals surface area contributed by atoms with Crippen molar-refractivity contribution in [3.63, 3.8) is 0 Å². The van der Waals surface area contributed by atoms with Gasteiger partial charge in [-0.05, 0) is 25.1 Å². The van der Waals surface area contributed by atoms with Crippen molar-refractivity contribution in [2.45, 2.75) is 13.0 Å². The Balaban J connectivity index is 1.94. The Morgan fingerprint density at radius 2 is 2.10 bits per heavy atom. The molecule has 1 N–H and O–H groups in total. The van der Waals surface area contributed by atoms with Gasteiger partial charge in [0.1, 0.15) is 17.8 Å². The Labute approximate surface area is 123 Å². The lowest BCUT2D eigenvalue weighted by Crippen LogP contribution is -2.21. The molecule has 0 aliphatic rings. The zero-order valence-corrected chi connectivity index (χ0v) is 12.2. The van der Waals surface area contributed by atoms with Crippen molar-refractivity contribution in [3.05, 3.63) is 58.1 Å². The highest BCUT2D eigenvalue weighted by molar-refractivity contribution is 5.33. The van der Waals surface area contributed by atoms with Crippen LogP contribution in [0.25, 0.3) is 0 Å². The molecule has 0 atom stereocenters. The highest BCUT2D eigenvalue weighted by Gasteiger charge is 2.07. The summed E-state index contributed by atoms with van der Waals surface area (Å²) in [6.45, 7) is 1.30. The van der Waals surface area contributed by atoms with Crippen molar-refractivity contribution >= 4 is 0 Å². The van der Waals surface area contributed by atoms with Crippen LogP contribution in [-0.2, 0) is 13.0 Å². The minimum Gasteiger partial charge on any atom is -0.502 e. The minimum atomic E-state index is -0.422. The molecule has 0 saturated heterocycles. The summed E-state index contributed by atoms with van der Waals surface area (Å²) >= 11 is 0. The van der Waals surface area contributed by atoms with Gasteiger partial charge in [-0.1, -0.05) is 18.2 Å². The number of rotatable bonds is 6. The van der Waals surface area contributed by atoms with E-state index in [1.807, 2.05) is 36.2 Å². The molecule has 0 radical (unpaired) electrons. The molecule has 1 aromatic heterocycles. The summed E-state index contributed by atoms with van der Waals surface area (Å²) in [6, 6.07) is 9.21. The molecule has 0 bridgehead atoms. The second-order valence-electron chi connectivity index (χ2n) is 4.90. The van der Waals surface area contributed by atoms with Crippen LogP contribution in [-0.4, -0.2) is 30.7 Å². The molecule has 0 aliphatic heterocycles. The van der Waals surface area contributed by atoms with Crippen LogP contribution < -0.4 is 10.2 Å². The van der Waals surface area contributed by atoms with Crippen molar-refractivity contribution in [1.29, 1.82) is 0 Å². The monoisotopic (exact) mass is 289 g/mol. The molecule has 0 saturated carbocycles. The Bertz CT molecular complexity index is 651. The zero-order valence-electron chi connectivity index (χ0n) is 12.2. The molecule has 1 aromatic carbocycles. The van der Waals surface area contributed by atoms with E-state index in [-0.39, 0.29) is 5.75 Å². The molecular formula is C16H19NO4. The maximum absolute atomic E-state index is 11.3. The van der Waals surface area contributed by atoms with Crippen LogP contribution >= 0.6 is 0 Å². The van der Waals surface area contributed by atoms with Gasteiger partial charge in [0.25, 0.3) is 0 Å². The molecule has 0 spiro atoms. The van der Waals surface area contributed by atoms with Gasteiger partial charge in [-0.25, -0.2) is 0 Å². The van der Waals surface area contributed by atoms with E-state index in [1.54, 1.807) is 7.11 Å². The topological polar surface area (TPSA) is 62.9 Å². The van der Waals surface area contributed by atoms with Crippen LogP contribution in [0.1, 0.15) is 11.3 Å². The van der Waals surface area contributed by atoms with Crippen molar-refractivity contribution in [1.82, 2.24) is 4.90 Å². The molecule has 2 aromatic rings. The first-order valence-corrected chi connectivity index (χ1v) is 6.71. The predicted molar refractivity (Wildman–Crippen MR) is 79.7 cm³/mol. The number of para-hydroxylation sites is 1. The molecule has 5 heteroatoms. The fourth-order valence-electron chi connectivity index (χ4n) is 2.09. The summed E-state index contributed by atoms with van der Waals surface area (Å²) in [7, 11) is 3.61. The third-order valence-corrected chi connectivity index (χ3v) is 3.25. The normalized spacial score (nSPS) is 10.8. The standard InChI is InChI=1S/C16H19NO4/c1-17(10-13-9-14(18)15(19)11-21-13)8-7-12-5-3-4-6-16(12)20-2/h3-6,9,11,19H,7-8,10H2,1-2H3. The SMILES string of the molecule is COc1ccccc1CCN(C)Cc1cc(=O)c(O)co1. The number of likely N-dealkylation sites (N-methyl/N-ethyl adjacent to an activating group) is 1. The Kier molecular flexibility index (Phi) is 5.00. The number of ether oxygens (including phenoxy) is 1. The van der Waals surface area contributed by atoms with Crippen LogP contribution in [0.3, 0.4) is 0 Å². The van der Waals surface area contributed by atoms with E-state index in [0.717, 1.165) is 30.5 Å². The summed E-state index contributed by atoms with van der Waals surface area (Å²) in [5.41, 5.74) is 0.716. The van der Waals surface area contributed by atoms with E-state index < -0.39 is 5.43 Å². The largest absolute Gasteiger partial charge is 0.502 e. The van der Waals surface area contributed by atoms with Crippen molar-refractivity contribution in [2.24, 2.45) is 0 Å². The number of aromatic hydroxyl groups is 1. The number of nitrogens with zero attached hydrogens (tertiary/aromatic N) is 1. The molecule has 21 heavy (non-hydrogen) atoms. The third kappa shape index (κ3) is 4.10. The summed E-state index contributed by atoms with van der Waals surface area (Å²) in [6.07, 6.45) is 1.91. The van der Waals surface area contributed by atoms with Crippen LogP contribution in [0, 0.1) is 0 Å². The van der Waals surface area contributed by atoms with Gasteiger partial charge in [-0.15, -0.1) is 0 Å². The number of benzene rings is 1. The molecule has 0 amide bonds. The summed E-state index contributed by atoms with van der Waals surface area (Å²) in [5.74, 6) is 1.04. The molecule has 5 nitrogen and oxygen atoms in total. The van der Waals surface area contributed by atoms with E-state index in [2.05, 4.69) is 0 Å². The Morgan fingerprint density at radius 1 is 1.33 bits per heavy atom. The maximum atomic E-state index is 11.3. The van der Waals surface area contributed by atoms with Gasteiger partial charge in [0, 0.05) is 12.6 Å². The molecule has 1 heterocycles. The molecule has 0 unspecified atom stereocenters. The lowest BCUT2D eigenvalue weighted by molar-refractivity contribution is 0.289. The second kappa shape index (κ2) is 6.95. The van der Waals surface area contributed by atoms with E-state index >= 15 is 0 Å². The van der Waals surface area contributed by atoms with Crippen LogP contribution in [0.2, 0.25) is 0 Å². The highest BCUT2D eigenvalue weighted by Crippen LogP contribution is 2.18. The average molecular weight is 289 g/mol. The summed E-state index contributed by atoms with van der Waals surface area (Å²) < 4.78 is 10.5. The second-order valence-corrected chi connectivity index (χ2v) is 4.90. The minimum absolute atomic E-state index is 0.365. The van der Waals surface area contributed by atoms with E-state index in [4.69, 9.17) is 14.3 Å². The quantitative estimate of drug-likeness (QED) is 0.881. The van der Waals surface area contributed by atoms with Crippen LogP contribution in [0.5, 0.6) is 11.5 Å². The van der Waals surface area contributed by atoms with Crippen molar-refractivity contribution in [2.75, 3.05) is 20.7 Å². The van der Waals surface area contributed by atoms with Crippen molar-refractivity contribution in [3.8, 4) is 11.5 Å². The number of methoxy groups -OCH3 is 1.